The van der Waals surface area contributed by atoms with E-state index in [0.717, 1.165) is 37.6 Å². The van der Waals surface area contributed by atoms with Gasteiger partial charge in [0.05, 0.1) is 25.8 Å². The minimum Gasteiger partial charge on any atom is -0.378 e. The van der Waals surface area contributed by atoms with Crippen molar-refractivity contribution in [3.63, 3.8) is 0 Å². The summed E-state index contributed by atoms with van der Waals surface area (Å²) >= 11 is 0. The third-order valence-corrected chi connectivity index (χ3v) is 5.64. The van der Waals surface area contributed by atoms with Crippen LogP contribution in [-0.4, -0.2) is 71.5 Å². The molecule has 2 amide bonds. The van der Waals surface area contributed by atoms with Gasteiger partial charge in [-0.05, 0) is 17.7 Å². The number of rotatable bonds is 5. The van der Waals surface area contributed by atoms with Gasteiger partial charge < -0.3 is 19.8 Å². The van der Waals surface area contributed by atoms with Gasteiger partial charge >= 0.3 is 6.03 Å². The van der Waals surface area contributed by atoms with E-state index in [4.69, 9.17) is 4.74 Å². The highest BCUT2D eigenvalue weighted by atomic mass is 16.5. The minimum absolute atomic E-state index is 0.00743. The lowest BCUT2D eigenvalue weighted by molar-refractivity contribution is -0.0738. The van der Waals surface area contributed by atoms with Crippen LogP contribution in [0.4, 0.5) is 10.5 Å². The summed E-state index contributed by atoms with van der Waals surface area (Å²) in [6, 6.07) is 17.1. The highest BCUT2D eigenvalue weighted by molar-refractivity contribution is 5.92. The highest BCUT2D eigenvalue weighted by Gasteiger charge is 2.32. The van der Waals surface area contributed by atoms with Crippen LogP contribution in [0.25, 0.3) is 0 Å². The van der Waals surface area contributed by atoms with E-state index in [1.54, 1.807) is 17.0 Å². The largest absolute Gasteiger partial charge is 0.378 e. The molecule has 4 rings (SSSR count). The molecule has 2 aromatic carbocycles. The number of nitrogens with zero attached hydrogens (tertiary/aromatic N) is 3. The SMILES string of the molecule is O=C(N1CCN(C2COC2)CC1)N(Cc1ccc(C(O)O)cc1)c1ccccc1. The van der Waals surface area contributed by atoms with Crippen molar-refractivity contribution in [1.29, 1.82) is 0 Å². The van der Waals surface area contributed by atoms with E-state index in [0.29, 0.717) is 31.2 Å². The lowest BCUT2D eigenvalue weighted by Crippen LogP contribution is -2.59. The monoisotopic (exact) mass is 397 g/mol. The number of aliphatic hydroxyl groups is 2. The van der Waals surface area contributed by atoms with Crippen LogP contribution in [0, 0.1) is 0 Å². The topological polar surface area (TPSA) is 76.5 Å². The number of para-hydroxylation sites is 1. The van der Waals surface area contributed by atoms with Gasteiger partial charge in [0, 0.05) is 37.4 Å². The normalized spacial score (nSPS) is 18.0. The molecular weight excluding hydrogens is 370 g/mol. The average molecular weight is 397 g/mol. The fourth-order valence-electron chi connectivity index (χ4n) is 3.74. The van der Waals surface area contributed by atoms with E-state index in [1.165, 1.54) is 0 Å². The van der Waals surface area contributed by atoms with Gasteiger partial charge in [0.1, 0.15) is 0 Å². The summed E-state index contributed by atoms with van der Waals surface area (Å²) in [6.07, 6.45) is -1.49. The molecule has 0 atom stereocenters. The summed E-state index contributed by atoms with van der Waals surface area (Å²) in [4.78, 5) is 19.5. The summed E-state index contributed by atoms with van der Waals surface area (Å²) < 4.78 is 5.29. The van der Waals surface area contributed by atoms with Crippen molar-refractivity contribution >= 4 is 11.7 Å². The van der Waals surface area contributed by atoms with Gasteiger partial charge in [0.25, 0.3) is 0 Å². The molecule has 2 fully saturated rings. The van der Waals surface area contributed by atoms with Crippen molar-refractivity contribution < 1.29 is 19.7 Å². The molecule has 2 N–H and O–H groups in total. The molecule has 2 heterocycles. The average Bonchev–Trinajstić information content (AvgIpc) is 2.72. The molecule has 0 spiro atoms. The molecule has 0 saturated carbocycles. The Morgan fingerprint density at radius 1 is 1.00 bits per heavy atom. The van der Waals surface area contributed by atoms with Crippen molar-refractivity contribution in [2.75, 3.05) is 44.3 Å². The highest BCUT2D eigenvalue weighted by Crippen LogP contribution is 2.22. The van der Waals surface area contributed by atoms with Crippen LogP contribution in [0.2, 0.25) is 0 Å². The van der Waals surface area contributed by atoms with Crippen LogP contribution in [-0.2, 0) is 11.3 Å². The predicted molar refractivity (Wildman–Crippen MR) is 109 cm³/mol. The first-order chi connectivity index (χ1) is 14.1. The fourth-order valence-corrected chi connectivity index (χ4v) is 3.74. The summed E-state index contributed by atoms with van der Waals surface area (Å²) in [6.45, 7) is 5.14. The number of ether oxygens (including phenoxy) is 1. The van der Waals surface area contributed by atoms with Gasteiger partial charge in [0.15, 0.2) is 6.29 Å². The van der Waals surface area contributed by atoms with E-state index >= 15 is 0 Å². The van der Waals surface area contributed by atoms with Crippen LogP contribution in [0.3, 0.4) is 0 Å². The fraction of sp³-hybridized carbons (Fsp3) is 0.409. The second kappa shape index (κ2) is 8.92. The first-order valence-electron chi connectivity index (χ1n) is 10.00. The Morgan fingerprint density at radius 3 is 2.21 bits per heavy atom. The molecular formula is C22H27N3O4. The first-order valence-corrected chi connectivity index (χ1v) is 10.00. The number of amides is 2. The molecule has 29 heavy (non-hydrogen) atoms. The standard InChI is InChI=1S/C22H27N3O4/c26-21(27)18-8-6-17(7-9-18)14-25(19-4-2-1-3-5-19)22(28)24-12-10-23(11-13-24)20-15-29-16-20/h1-9,20-21,26-27H,10-16H2. The molecule has 0 aromatic heterocycles. The Bertz CT molecular complexity index is 801. The Labute approximate surface area is 170 Å². The van der Waals surface area contributed by atoms with Crippen LogP contribution < -0.4 is 4.90 Å². The molecule has 0 unspecified atom stereocenters. The number of hydrogen-bond donors (Lipinski definition) is 2. The van der Waals surface area contributed by atoms with Crippen LogP contribution in [0.1, 0.15) is 17.4 Å². The number of urea groups is 1. The summed E-state index contributed by atoms with van der Waals surface area (Å²) in [5.41, 5.74) is 2.21. The van der Waals surface area contributed by atoms with E-state index in [1.807, 2.05) is 47.4 Å². The van der Waals surface area contributed by atoms with Crippen molar-refractivity contribution in [2.24, 2.45) is 0 Å². The number of carbonyl (C=O) groups excluding carboxylic acids is 1. The zero-order valence-corrected chi connectivity index (χ0v) is 16.4. The van der Waals surface area contributed by atoms with Gasteiger partial charge in [-0.25, -0.2) is 4.79 Å². The van der Waals surface area contributed by atoms with Crippen molar-refractivity contribution in [2.45, 2.75) is 18.9 Å². The van der Waals surface area contributed by atoms with Gasteiger partial charge in [-0.15, -0.1) is 0 Å². The summed E-state index contributed by atoms with van der Waals surface area (Å²) in [7, 11) is 0. The second-order valence-corrected chi connectivity index (χ2v) is 7.53. The van der Waals surface area contributed by atoms with Gasteiger partial charge in [0.2, 0.25) is 0 Å². The van der Waals surface area contributed by atoms with Gasteiger partial charge in [-0.3, -0.25) is 9.80 Å². The lowest BCUT2D eigenvalue weighted by atomic mass is 10.1. The molecule has 2 aromatic rings. The molecule has 7 nitrogen and oxygen atoms in total. The Hall–Kier alpha value is -2.45. The van der Waals surface area contributed by atoms with E-state index in [2.05, 4.69) is 4.90 Å². The van der Waals surface area contributed by atoms with Crippen molar-refractivity contribution in [1.82, 2.24) is 9.80 Å². The van der Waals surface area contributed by atoms with Crippen molar-refractivity contribution in [3.8, 4) is 0 Å². The van der Waals surface area contributed by atoms with E-state index in [9.17, 15) is 15.0 Å². The molecule has 0 radical (unpaired) electrons. The molecule has 7 heteroatoms. The molecule has 2 aliphatic rings. The minimum atomic E-state index is -1.49. The zero-order chi connectivity index (χ0) is 20.2. The van der Waals surface area contributed by atoms with Crippen LogP contribution in [0.15, 0.2) is 54.6 Å². The third kappa shape index (κ3) is 4.59. The van der Waals surface area contributed by atoms with Crippen molar-refractivity contribution in [3.05, 3.63) is 65.7 Å². The first kappa shape index (κ1) is 19.8. The quantitative estimate of drug-likeness (QED) is 0.753. The number of aliphatic hydroxyl groups excluding tert-OH is 1. The number of anilines is 1. The molecule has 0 bridgehead atoms. The number of hydrogen-bond acceptors (Lipinski definition) is 5. The molecule has 2 saturated heterocycles. The van der Waals surface area contributed by atoms with E-state index < -0.39 is 6.29 Å². The maximum Gasteiger partial charge on any atom is 0.324 e. The molecule has 0 aliphatic carbocycles. The summed E-state index contributed by atoms with van der Waals surface area (Å²) in [5.74, 6) is 0. The summed E-state index contributed by atoms with van der Waals surface area (Å²) in [5, 5.41) is 18.6. The Kier molecular flexibility index (Phi) is 6.10. The van der Waals surface area contributed by atoms with Crippen LogP contribution in [0.5, 0.6) is 0 Å². The van der Waals surface area contributed by atoms with Gasteiger partial charge in [-0.2, -0.15) is 0 Å². The zero-order valence-electron chi connectivity index (χ0n) is 16.4. The number of benzene rings is 2. The number of piperazine rings is 1. The maximum atomic E-state index is 13.4. The Balaban J connectivity index is 1.47. The Morgan fingerprint density at radius 2 is 1.66 bits per heavy atom. The molecule has 154 valence electrons. The van der Waals surface area contributed by atoms with Crippen LogP contribution >= 0.6 is 0 Å². The maximum absolute atomic E-state index is 13.4. The number of carbonyl (C=O) groups is 1. The third-order valence-electron chi connectivity index (χ3n) is 5.64. The molecule has 2 aliphatic heterocycles. The van der Waals surface area contributed by atoms with Gasteiger partial charge in [-0.1, -0.05) is 42.5 Å². The second-order valence-electron chi connectivity index (χ2n) is 7.53. The van der Waals surface area contributed by atoms with E-state index in [-0.39, 0.29) is 6.03 Å². The lowest BCUT2D eigenvalue weighted by Gasteiger charge is -2.43. The predicted octanol–water partition coefficient (Wildman–Crippen LogP) is 1.81. The smallest absolute Gasteiger partial charge is 0.324 e.